The molecular formula is C12H25NO2. The van der Waals surface area contributed by atoms with Gasteiger partial charge in [0.1, 0.15) is 0 Å². The molecule has 1 aliphatic carbocycles. The van der Waals surface area contributed by atoms with Crippen LogP contribution in [-0.2, 0) is 4.74 Å². The molecule has 0 aromatic heterocycles. The third kappa shape index (κ3) is 3.44. The van der Waals surface area contributed by atoms with Crippen LogP contribution in [0.2, 0.25) is 0 Å². The smallest absolute Gasteiger partial charge is 0.0811 e. The summed E-state index contributed by atoms with van der Waals surface area (Å²) in [6, 6.07) is 0. The van der Waals surface area contributed by atoms with Crippen LogP contribution in [0.15, 0.2) is 0 Å². The van der Waals surface area contributed by atoms with E-state index in [-0.39, 0.29) is 11.7 Å². The fourth-order valence-corrected chi connectivity index (χ4v) is 2.15. The zero-order chi connectivity index (χ0) is 11.5. The number of hydrogen-bond donors (Lipinski definition) is 2. The monoisotopic (exact) mass is 215 g/mol. The Labute approximate surface area is 93.0 Å². The van der Waals surface area contributed by atoms with Gasteiger partial charge in [-0.15, -0.1) is 0 Å². The minimum Gasteiger partial charge on any atom is -0.391 e. The molecule has 2 atom stereocenters. The standard InChI is InChI=1S/C12H25NO2/c1-9-4-6-12(8-13,7-5-9)15-11(3)10(2)14/h9-11,14H,4-8,13H2,1-3H3. The molecule has 0 saturated heterocycles. The maximum Gasteiger partial charge on any atom is 0.0811 e. The van der Waals surface area contributed by atoms with Gasteiger partial charge in [0.15, 0.2) is 0 Å². The Kier molecular flexibility index (Phi) is 4.56. The summed E-state index contributed by atoms with van der Waals surface area (Å²) in [5, 5.41) is 9.45. The second kappa shape index (κ2) is 5.28. The van der Waals surface area contributed by atoms with Crippen molar-refractivity contribution in [2.24, 2.45) is 11.7 Å². The zero-order valence-corrected chi connectivity index (χ0v) is 10.2. The third-order valence-corrected chi connectivity index (χ3v) is 3.67. The molecule has 3 nitrogen and oxygen atoms in total. The normalized spacial score (nSPS) is 36.2. The molecule has 0 aromatic rings. The molecule has 15 heavy (non-hydrogen) atoms. The molecule has 0 spiro atoms. The van der Waals surface area contributed by atoms with Gasteiger partial charge in [-0.3, -0.25) is 0 Å². The van der Waals surface area contributed by atoms with E-state index in [0.717, 1.165) is 18.8 Å². The lowest BCUT2D eigenvalue weighted by atomic mass is 9.79. The molecule has 0 aliphatic heterocycles. The third-order valence-electron chi connectivity index (χ3n) is 3.67. The molecule has 1 aliphatic rings. The van der Waals surface area contributed by atoms with Crippen LogP contribution in [0.4, 0.5) is 0 Å². The molecule has 0 bridgehead atoms. The zero-order valence-electron chi connectivity index (χ0n) is 10.2. The van der Waals surface area contributed by atoms with E-state index in [4.69, 9.17) is 10.5 Å². The molecular weight excluding hydrogens is 190 g/mol. The van der Waals surface area contributed by atoms with E-state index in [9.17, 15) is 5.11 Å². The van der Waals surface area contributed by atoms with E-state index in [2.05, 4.69) is 6.92 Å². The van der Waals surface area contributed by atoms with Crippen molar-refractivity contribution in [1.82, 2.24) is 0 Å². The summed E-state index contributed by atoms with van der Waals surface area (Å²) in [5.74, 6) is 0.787. The summed E-state index contributed by atoms with van der Waals surface area (Å²) in [6.07, 6.45) is 3.88. The first-order chi connectivity index (χ1) is 6.99. The van der Waals surface area contributed by atoms with Crippen LogP contribution in [0, 0.1) is 5.92 Å². The van der Waals surface area contributed by atoms with Crippen molar-refractivity contribution in [1.29, 1.82) is 0 Å². The second-order valence-electron chi connectivity index (χ2n) is 5.13. The first-order valence-corrected chi connectivity index (χ1v) is 6.05. The number of aliphatic hydroxyl groups excluding tert-OH is 1. The summed E-state index contributed by atoms with van der Waals surface area (Å²) < 4.78 is 5.96. The van der Waals surface area contributed by atoms with Crippen LogP contribution < -0.4 is 5.73 Å². The molecule has 1 saturated carbocycles. The molecule has 90 valence electrons. The Morgan fingerprint density at radius 2 is 1.93 bits per heavy atom. The highest BCUT2D eigenvalue weighted by Gasteiger charge is 2.35. The largest absolute Gasteiger partial charge is 0.391 e. The van der Waals surface area contributed by atoms with Crippen molar-refractivity contribution in [2.75, 3.05) is 6.54 Å². The van der Waals surface area contributed by atoms with Crippen LogP contribution in [0.25, 0.3) is 0 Å². The predicted octanol–water partition coefficient (Wildman–Crippen LogP) is 1.68. The lowest BCUT2D eigenvalue weighted by Gasteiger charge is -2.41. The van der Waals surface area contributed by atoms with E-state index < -0.39 is 6.10 Å². The van der Waals surface area contributed by atoms with Gasteiger partial charge in [-0.1, -0.05) is 6.92 Å². The van der Waals surface area contributed by atoms with Crippen molar-refractivity contribution in [3.05, 3.63) is 0 Å². The van der Waals surface area contributed by atoms with E-state index >= 15 is 0 Å². The van der Waals surface area contributed by atoms with Gasteiger partial charge in [0.25, 0.3) is 0 Å². The number of hydrogen-bond acceptors (Lipinski definition) is 3. The van der Waals surface area contributed by atoms with E-state index in [1.807, 2.05) is 6.92 Å². The average Bonchev–Trinajstić information content (AvgIpc) is 2.21. The summed E-state index contributed by atoms with van der Waals surface area (Å²) in [7, 11) is 0. The highest BCUT2D eigenvalue weighted by molar-refractivity contribution is 4.88. The Hall–Kier alpha value is -0.120. The Morgan fingerprint density at radius 1 is 1.40 bits per heavy atom. The van der Waals surface area contributed by atoms with Gasteiger partial charge in [-0.2, -0.15) is 0 Å². The molecule has 0 amide bonds. The van der Waals surface area contributed by atoms with Crippen LogP contribution in [0.3, 0.4) is 0 Å². The lowest BCUT2D eigenvalue weighted by molar-refractivity contribution is -0.137. The Morgan fingerprint density at radius 3 is 2.33 bits per heavy atom. The Balaban J connectivity index is 2.53. The molecule has 1 fully saturated rings. The number of nitrogens with two attached hydrogens (primary N) is 1. The summed E-state index contributed by atoms with van der Waals surface area (Å²) in [5.41, 5.74) is 5.65. The highest BCUT2D eigenvalue weighted by Crippen LogP contribution is 2.35. The first-order valence-electron chi connectivity index (χ1n) is 6.05. The maximum atomic E-state index is 9.45. The van der Waals surface area contributed by atoms with E-state index in [0.29, 0.717) is 6.54 Å². The Bertz CT molecular complexity index is 186. The first kappa shape index (κ1) is 12.9. The van der Waals surface area contributed by atoms with Gasteiger partial charge in [0.2, 0.25) is 0 Å². The van der Waals surface area contributed by atoms with Crippen molar-refractivity contribution in [3.8, 4) is 0 Å². The van der Waals surface area contributed by atoms with Crippen molar-refractivity contribution in [2.45, 2.75) is 64.3 Å². The molecule has 0 heterocycles. The number of rotatable bonds is 4. The van der Waals surface area contributed by atoms with Crippen LogP contribution in [0.1, 0.15) is 46.5 Å². The number of aliphatic hydroxyl groups is 1. The van der Waals surface area contributed by atoms with Crippen molar-refractivity contribution < 1.29 is 9.84 Å². The SMILES string of the molecule is CC1CCC(CN)(OC(C)C(C)O)CC1. The molecule has 2 unspecified atom stereocenters. The van der Waals surface area contributed by atoms with E-state index in [1.165, 1.54) is 12.8 Å². The quantitative estimate of drug-likeness (QED) is 0.750. The van der Waals surface area contributed by atoms with Gasteiger partial charge in [-0.05, 0) is 45.4 Å². The molecule has 0 radical (unpaired) electrons. The fraction of sp³-hybridized carbons (Fsp3) is 1.00. The van der Waals surface area contributed by atoms with E-state index in [1.54, 1.807) is 6.92 Å². The summed E-state index contributed by atoms with van der Waals surface area (Å²) >= 11 is 0. The fourth-order valence-electron chi connectivity index (χ4n) is 2.15. The number of ether oxygens (including phenoxy) is 1. The topological polar surface area (TPSA) is 55.5 Å². The van der Waals surface area contributed by atoms with Gasteiger partial charge in [0.05, 0.1) is 17.8 Å². The van der Waals surface area contributed by atoms with Crippen molar-refractivity contribution >= 4 is 0 Å². The van der Waals surface area contributed by atoms with Crippen LogP contribution in [-0.4, -0.2) is 29.5 Å². The van der Waals surface area contributed by atoms with Gasteiger partial charge in [-0.25, -0.2) is 0 Å². The van der Waals surface area contributed by atoms with Gasteiger partial charge in [0, 0.05) is 6.54 Å². The molecule has 1 rings (SSSR count). The molecule has 3 heteroatoms. The summed E-state index contributed by atoms with van der Waals surface area (Å²) in [6.45, 7) is 6.52. The highest BCUT2D eigenvalue weighted by atomic mass is 16.5. The second-order valence-corrected chi connectivity index (χ2v) is 5.13. The van der Waals surface area contributed by atoms with Crippen LogP contribution in [0.5, 0.6) is 0 Å². The maximum absolute atomic E-state index is 9.45. The minimum atomic E-state index is -0.423. The van der Waals surface area contributed by atoms with Gasteiger partial charge < -0.3 is 15.6 Å². The van der Waals surface area contributed by atoms with Crippen molar-refractivity contribution in [3.63, 3.8) is 0 Å². The lowest BCUT2D eigenvalue weighted by Crippen LogP contribution is -2.47. The predicted molar refractivity (Wildman–Crippen MR) is 61.6 cm³/mol. The average molecular weight is 215 g/mol. The molecule has 0 aromatic carbocycles. The molecule has 3 N–H and O–H groups in total. The van der Waals surface area contributed by atoms with Gasteiger partial charge >= 0.3 is 0 Å². The van der Waals surface area contributed by atoms with Crippen LogP contribution >= 0.6 is 0 Å². The minimum absolute atomic E-state index is 0.123. The summed E-state index contributed by atoms with van der Waals surface area (Å²) in [4.78, 5) is 0.